The highest BCUT2D eigenvalue weighted by atomic mass is 16.3. The molecule has 0 saturated carbocycles. The van der Waals surface area contributed by atoms with Gasteiger partial charge in [0.2, 0.25) is 5.95 Å². The zero-order valence-electron chi connectivity index (χ0n) is 9.97. The summed E-state index contributed by atoms with van der Waals surface area (Å²) in [5.41, 5.74) is 0. The molecule has 0 radical (unpaired) electrons. The van der Waals surface area contributed by atoms with Crippen LogP contribution >= 0.6 is 0 Å². The van der Waals surface area contributed by atoms with Gasteiger partial charge in [0.25, 0.3) is 0 Å². The topological polar surface area (TPSA) is 41.3 Å². The van der Waals surface area contributed by atoms with E-state index in [0.717, 1.165) is 25.5 Å². The third kappa shape index (κ3) is 2.21. The Morgan fingerprint density at radius 1 is 1.50 bits per heavy atom. The molecular weight excluding hydrogens is 202 g/mol. The molecule has 90 valence electrons. The van der Waals surface area contributed by atoms with E-state index in [1.54, 1.807) is 0 Å². The zero-order chi connectivity index (χ0) is 11.4. The van der Waals surface area contributed by atoms with Crippen LogP contribution in [0.25, 0.3) is 0 Å². The van der Waals surface area contributed by atoms with Gasteiger partial charge in [0, 0.05) is 38.1 Å². The number of hydrogen-bond donors (Lipinski definition) is 1. The number of hydrogen-bond acceptors (Lipinski definition) is 3. The van der Waals surface area contributed by atoms with Crippen LogP contribution in [-0.2, 0) is 6.54 Å². The molecule has 4 heteroatoms. The fourth-order valence-electron chi connectivity index (χ4n) is 2.52. The van der Waals surface area contributed by atoms with Crippen LogP contribution in [0.2, 0.25) is 0 Å². The van der Waals surface area contributed by atoms with E-state index in [1.807, 2.05) is 12.4 Å². The summed E-state index contributed by atoms with van der Waals surface area (Å²) in [4.78, 5) is 6.81. The Balaban J connectivity index is 2.16. The lowest BCUT2D eigenvalue weighted by Crippen LogP contribution is -2.41. The molecule has 0 aliphatic carbocycles. The van der Waals surface area contributed by atoms with Crippen LogP contribution in [0.15, 0.2) is 12.4 Å². The second-order valence-corrected chi connectivity index (χ2v) is 4.37. The van der Waals surface area contributed by atoms with Crippen LogP contribution in [0, 0.1) is 0 Å². The van der Waals surface area contributed by atoms with Crippen molar-refractivity contribution < 1.29 is 5.11 Å². The molecule has 1 aromatic heterocycles. The lowest BCUT2D eigenvalue weighted by molar-refractivity contribution is 0.261. The van der Waals surface area contributed by atoms with Crippen molar-refractivity contribution in [1.82, 2.24) is 9.55 Å². The van der Waals surface area contributed by atoms with Gasteiger partial charge in [-0.25, -0.2) is 4.98 Å². The predicted molar refractivity (Wildman–Crippen MR) is 64.6 cm³/mol. The molecular formula is C12H21N3O. The van der Waals surface area contributed by atoms with E-state index in [2.05, 4.69) is 21.4 Å². The number of nitrogens with zero attached hydrogens (tertiary/aromatic N) is 3. The zero-order valence-corrected chi connectivity index (χ0v) is 9.97. The van der Waals surface area contributed by atoms with Gasteiger partial charge in [0.1, 0.15) is 0 Å². The maximum atomic E-state index is 9.11. The van der Waals surface area contributed by atoms with Gasteiger partial charge >= 0.3 is 0 Å². The van der Waals surface area contributed by atoms with E-state index < -0.39 is 0 Å². The molecule has 0 bridgehead atoms. The van der Waals surface area contributed by atoms with Gasteiger partial charge in [0.15, 0.2) is 0 Å². The highest BCUT2D eigenvalue weighted by Crippen LogP contribution is 2.25. The van der Waals surface area contributed by atoms with E-state index in [1.165, 1.54) is 19.3 Å². The summed E-state index contributed by atoms with van der Waals surface area (Å²) in [5, 5.41) is 9.11. The Kier molecular flexibility index (Phi) is 3.83. The second kappa shape index (κ2) is 5.34. The molecule has 1 N–H and O–H groups in total. The molecule has 1 aromatic rings. The average Bonchev–Trinajstić information content (AvgIpc) is 2.78. The number of aliphatic hydroxyl groups excluding tert-OH is 1. The number of anilines is 1. The van der Waals surface area contributed by atoms with Gasteiger partial charge in [-0.1, -0.05) is 0 Å². The van der Waals surface area contributed by atoms with E-state index in [9.17, 15) is 0 Å². The van der Waals surface area contributed by atoms with Crippen molar-refractivity contribution in [2.24, 2.45) is 0 Å². The Labute approximate surface area is 96.9 Å². The van der Waals surface area contributed by atoms with Crippen LogP contribution in [0.4, 0.5) is 5.95 Å². The maximum absolute atomic E-state index is 9.11. The molecule has 1 aliphatic rings. The van der Waals surface area contributed by atoms with Crippen LogP contribution in [0.1, 0.15) is 32.6 Å². The minimum atomic E-state index is 0.272. The van der Waals surface area contributed by atoms with E-state index in [4.69, 9.17) is 5.11 Å². The number of aromatic nitrogens is 2. The van der Waals surface area contributed by atoms with Gasteiger partial charge in [0.05, 0.1) is 0 Å². The first kappa shape index (κ1) is 11.5. The third-order valence-corrected chi connectivity index (χ3v) is 3.38. The summed E-state index contributed by atoms with van der Waals surface area (Å²) < 4.78 is 2.18. The van der Waals surface area contributed by atoms with Crippen LogP contribution in [0.5, 0.6) is 0 Å². The highest BCUT2D eigenvalue weighted by molar-refractivity contribution is 5.33. The SMILES string of the molecule is CCn1ccnc1N1CCCCC1CCO. The van der Waals surface area contributed by atoms with Crippen molar-refractivity contribution in [3.8, 4) is 0 Å². The molecule has 1 atom stereocenters. The standard InChI is InChI=1S/C12H21N3O/c1-2-14-9-7-13-12(14)15-8-4-3-5-11(15)6-10-16/h7,9,11,16H,2-6,8,10H2,1H3. The molecule has 4 nitrogen and oxygen atoms in total. The van der Waals surface area contributed by atoms with Crippen molar-refractivity contribution >= 4 is 5.95 Å². The normalized spacial score (nSPS) is 21.4. The lowest BCUT2D eigenvalue weighted by Gasteiger charge is -2.36. The van der Waals surface area contributed by atoms with E-state index in [-0.39, 0.29) is 6.61 Å². The smallest absolute Gasteiger partial charge is 0.205 e. The summed E-state index contributed by atoms with van der Waals surface area (Å²) in [7, 11) is 0. The van der Waals surface area contributed by atoms with Crippen LogP contribution in [0.3, 0.4) is 0 Å². The van der Waals surface area contributed by atoms with Crippen molar-refractivity contribution in [2.75, 3.05) is 18.1 Å². The van der Waals surface area contributed by atoms with Gasteiger partial charge in [-0.15, -0.1) is 0 Å². The summed E-state index contributed by atoms with van der Waals surface area (Å²) in [6.45, 7) is 4.43. The Morgan fingerprint density at radius 2 is 2.38 bits per heavy atom. The quantitative estimate of drug-likeness (QED) is 0.843. The number of piperidine rings is 1. The molecule has 0 aromatic carbocycles. The first-order valence-electron chi connectivity index (χ1n) is 6.25. The average molecular weight is 223 g/mol. The molecule has 2 rings (SSSR count). The second-order valence-electron chi connectivity index (χ2n) is 4.37. The molecule has 1 unspecified atom stereocenters. The summed E-state index contributed by atoms with van der Waals surface area (Å²) in [6, 6.07) is 0.464. The van der Waals surface area contributed by atoms with Crippen molar-refractivity contribution in [3.05, 3.63) is 12.4 Å². The molecule has 2 heterocycles. The Bertz CT molecular complexity index is 322. The Morgan fingerprint density at radius 3 is 3.12 bits per heavy atom. The maximum Gasteiger partial charge on any atom is 0.205 e. The first-order valence-corrected chi connectivity index (χ1v) is 6.25. The summed E-state index contributed by atoms with van der Waals surface area (Å²) in [5.74, 6) is 1.07. The minimum absolute atomic E-state index is 0.272. The molecule has 0 spiro atoms. The first-order chi connectivity index (χ1) is 7.86. The molecule has 0 amide bonds. The monoisotopic (exact) mass is 223 g/mol. The van der Waals surface area contributed by atoms with Crippen LogP contribution in [-0.4, -0.2) is 33.9 Å². The summed E-state index contributed by atoms with van der Waals surface area (Å²) in [6.07, 6.45) is 8.43. The number of aliphatic hydroxyl groups is 1. The molecule has 16 heavy (non-hydrogen) atoms. The van der Waals surface area contributed by atoms with Crippen molar-refractivity contribution in [3.63, 3.8) is 0 Å². The van der Waals surface area contributed by atoms with Gasteiger partial charge in [-0.3, -0.25) is 0 Å². The van der Waals surface area contributed by atoms with Crippen molar-refractivity contribution in [1.29, 1.82) is 0 Å². The van der Waals surface area contributed by atoms with Crippen LogP contribution < -0.4 is 4.90 Å². The Hall–Kier alpha value is -1.03. The number of rotatable bonds is 4. The fourth-order valence-corrected chi connectivity index (χ4v) is 2.52. The van der Waals surface area contributed by atoms with Gasteiger partial charge in [-0.2, -0.15) is 0 Å². The number of imidazole rings is 1. The third-order valence-electron chi connectivity index (χ3n) is 3.38. The molecule has 1 aliphatic heterocycles. The molecule has 1 saturated heterocycles. The lowest BCUT2D eigenvalue weighted by atomic mass is 10.0. The number of aryl methyl sites for hydroxylation is 1. The fraction of sp³-hybridized carbons (Fsp3) is 0.750. The minimum Gasteiger partial charge on any atom is -0.396 e. The molecule has 1 fully saturated rings. The highest BCUT2D eigenvalue weighted by Gasteiger charge is 2.24. The predicted octanol–water partition coefficient (Wildman–Crippen LogP) is 1.64. The summed E-state index contributed by atoms with van der Waals surface area (Å²) >= 11 is 0. The van der Waals surface area contributed by atoms with E-state index >= 15 is 0 Å². The largest absolute Gasteiger partial charge is 0.396 e. The van der Waals surface area contributed by atoms with E-state index in [0.29, 0.717) is 6.04 Å². The van der Waals surface area contributed by atoms with Gasteiger partial charge in [-0.05, 0) is 32.6 Å². The van der Waals surface area contributed by atoms with Gasteiger partial charge < -0.3 is 14.6 Å². The van der Waals surface area contributed by atoms with Crippen molar-refractivity contribution in [2.45, 2.75) is 45.2 Å².